The molecule has 1 fully saturated rings. The van der Waals surface area contributed by atoms with Gasteiger partial charge in [-0.15, -0.1) is 0 Å². The number of aromatic carboxylic acids is 1. The van der Waals surface area contributed by atoms with Gasteiger partial charge in [0.1, 0.15) is 6.10 Å². The van der Waals surface area contributed by atoms with E-state index >= 15 is 0 Å². The predicted octanol–water partition coefficient (Wildman–Crippen LogP) is 2.12. The van der Waals surface area contributed by atoms with Crippen molar-refractivity contribution in [1.82, 2.24) is 0 Å². The van der Waals surface area contributed by atoms with E-state index in [9.17, 15) is 9.59 Å². The van der Waals surface area contributed by atoms with Crippen molar-refractivity contribution in [2.75, 3.05) is 11.9 Å². The smallest absolute Gasteiger partial charge is 0.336 e. The van der Waals surface area contributed by atoms with E-state index in [-0.39, 0.29) is 11.5 Å². The van der Waals surface area contributed by atoms with Crippen LogP contribution in [-0.2, 0) is 9.53 Å². The second kappa shape index (κ2) is 5.40. The number of nitrogens with one attached hydrogen (secondary N) is 1. The summed E-state index contributed by atoms with van der Waals surface area (Å²) in [6.07, 6.45) is 1.17. The van der Waals surface area contributed by atoms with Crippen LogP contribution in [0.25, 0.3) is 0 Å². The van der Waals surface area contributed by atoms with Crippen molar-refractivity contribution in [3.8, 4) is 0 Å². The maximum Gasteiger partial charge on any atom is 0.336 e. The molecule has 1 aromatic rings. The van der Waals surface area contributed by atoms with Crippen molar-refractivity contribution in [2.24, 2.45) is 0 Å². The molecule has 0 aliphatic carbocycles. The molecule has 1 aromatic carbocycles. The zero-order valence-corrected chi connectivity index (χ0v) is 11.0. The van der Waals surface area contributed by atoms with Crippen molar-refractivity contribution in [1.29, 1.82) is 0 Å². The zero-order valence-electron chi connectivity index (χ0n) is 11.0. The summed E-state index contributed by atoms with van der Waals surface area (Å²) < 4.78 is 5.30. The Bertz CT molecular complexity index is 518. The molecule has 0 bridgehead atoms. The van der Waals surface area contributed by atoms with Crippen LogP contribution in [-0.4, -0.2) is 29.7 Å². The van der Waals surface area contributed by atoms with Gasteiger partial charge in [0.15, 0.2) is 0 Å². The maximum atomic E-state index is 11.9. The number of carbonyl (C=O) groups is 2. The minimum absolute atomic E-state index is 0.202. The molecule has 5 nitrogen and oxygen atoms in total. The average Bonchev–Trinajstić information content (AvgIpc) is 2.85. The third-order valence-electron chi connectivity index (χ3n) is 3.28. The molecule has 0 spiro atoms. The topological polar surface area (TPSA) is 75.6 Å². The van der Waals surface area contributed by atoms with Gasteiger partial charge in [0, 0.05) is 12.3 Å². The van der Waals surface area contributed by atoms with E-state index < -0.39 is 12.1 Å². The van der Waals surface area contributed by atoms with Gasteiger partial charge < -0.3 is 15.2 Å². The molecule has 1 amide bonds. The second-order valence-electron chi connectivity index (χ2n) is 4.78. The fraction of sp³-hybridized carbons (Fsp3) is 0.429. The number of ether oxygens (including phenoxy) is 1. The van der Waals surface area contributed by atoms with Crippen LogP contribution in [0.2, 0.25) is 0 Å². The summed E-state index contributed by atoms with van der Waals surface area (Å²) in [6, 6.07) is 3.26. The standard InChI is InChI=1S/C14H17NO4/c1-8-6-9(2)11(7-10(8)14(17)18)15-13(16)12-4-3-5-19-12/h6-7,12H,3-5H2,1-2H3,(H,15,16)(H,17,18)/t12-/m0/s1. The van der Waals surface area contributed by atoms with Crippen LogP contribution in [0.1, 0.15) is 34.3 Å². The van der Waals surface area contributed by atoms with Crippen LogP contribution in [0.15, 0.2) is 12.1 Å². The Labute approximate surface area is 111 Å². The summed E-state index contributed by atoms with van der Waals surface area (Å²) >= 11 is 0. The second-order valence-corrected chi connectivity index (χ2v) is 4.78. The first-order chi connectivity index (χ1) is 8.99. The molecular formula is C14H17NO4. The van der Waals surface area contributed by atoms with Gasteiger partial charge in [-0.25, -0.2) is 4.79 Å². The van der Waals surface area contributed by atoms with E-state index in [1.807, 2.05) is 6.92 Å². The van der Waals surface area contributed by atoms with E-state index in [0.717, 1.165) is 12.0 Å². The molecular weight excluding hydrogens is 246 g/mol. The molecule has 2 rings (SSSR count). The van der Waals surface area contributed by atoms with Gasteiger partial charge in [0.25, 0.3) is 5.91 Å². The number of hydrogen-bond acceptors (Lipinski definition) is 3. The van der Waals surface area contributed by atoms with Crippen LogP contribution in [0, 0.1) is 13.8 Å². The minimum atomic E-state index is -0.995. The summed E-state index contributed by atoms with van der Waals surface area (Å²) in [4.78, 5) is 23.0. The number of hydrogen-bond donors (Lipinski definition) is 2. The van der Waals surface area contributed by atoms with Crippen LogP contribution < -0.4 is 5.32 Å². The molecule has 1 atom stereocenters. The largest absolute Gasteiger partial charge is 0.478 e. The Kier molecular flexibility index (Phi) is 3.85. The number of carboxylic acids is 1. The molecule has 0 radical (unpaired) electrons. The minimum Gasteiger partial charge on any atom is -0.478 e. The summed E-state index contributed by atoms with van der Waals surface area (Å²) in [5.74, 6) is -1.20. The van der Waals surface area contributed by atoms with Crippen molar-refractivity contribution in [3.05, 3.63) is 28.8 Å². The highest BCUT2D eigenvalue weighted by atomic mass is 16.5. The van der Waals surface area contributed by atoms with Gasteiger partial charge >= 0.3 is 5.97 Å². The van der Waals surface area contributed by atoms with Gasteiger partial charge in [-0.05, 0) is 43.9 Å². The summed E-state index contributed by atoms with van der Waals surface area (Å²) in [5, 5.41) is 11.8. The number of benzene rings is 1. The number of anilines is 1. The van der Waals surface area contributed by atoms with E-state index in [1.165, 1.54) is 6.07 Å². The monoisotopic (exact) mass is 263 g/mol. The normalized spacial score (nSPS) is 18.3. The molecule has 0 aromatic heterocycles. The number of rotatable bonds is 3. The Morgan fingerprint density at radius 3 is 2.63 bits per heavy atom. The van der Waals surface area contributed by atoms with Gasteiger partial charge in [-0.2, -0.15) is 0 Å². The first kappa shape index (κ1) is 13.5. The predicted molar refractivity (Wildman–Crippen MR) is 70.5 cm³/mol. The van der Waals surface area contributed by atoms with Crippen LogP contribution in [0.3, 0.4) is 0 Å². The summed E-state index contributed by atoms with van der Waals surface area (Å²) in [7, 11) is 0. The third kappa shape index (κ3) is 2.93. The molecule has 1 aliphatic rings. The lowest BCUT2D eigenvalue weighted by atomic mass is 10.0. The third-order valence-corrected chi connectivity index (χ3v) is 3.28. The molecule has 19 heavy (non-hydrogen) atoms. The molecule has 1 aliphatic heterocycles. The lowest BCUT2D eigenvalue weighted by molar-refractivity contribution is -0.124. The number of amides is 1. The molecule has 102 valence electrons. The SMILES string of the molecule is Cc1cc(C)c(C(=O)O)cc1NC(=O)[C@@H]1CCCO1. The lowest BCUT2D eigenvalue weighted by Crippen LogP contribution is -2.27. The first-order valence-electron chi connectivity index (χ1n) is 6.26. The van der Waals surface area contributed by atoms with Crippen molar-refractivity contribution in [3.63, 3.8) is 0 Å². The van der Waals surface area contributed by atoms with E-state index in [4.69, 9.17) is 9.84 Å². The van der Waals surface area contributed by atoms with Gasteiger partial charge in [-0.3, -0.25) is 4.79 Å². The molecule has 0 saturated carbocycles. The Balaban J connectivity index is 2.21. The first-order valence-corrected chi connectivity index (χ1v) is 6.26. The number of carboxylic acid groups (broad SMARTS) is 1. The van der Waals surface area contributed by atoms with Gasteiger partial charge in [-0.1, -0.05) is 6.07 Å². The fourth-order valence-electron chi connectivity index (χ4n) is 2.22. The van der Waals surface area contributed by atoms with Crippen LogP contribution in [0.4, 0.5) is 5.69 Å². The van der Waals surface area contributed by atoms with Crippen LogP contribution in [0.5, 0.6) is 0 Å². The highest BCUT2D eigenvalue weighted by Gasteiger charge is 2.24. The molecule has 1 saturated heterocycles. The lowest BCUT2D eigenvalue weighted by Gasteiger charge is -2.14. The van der Waals surface area contributed by atoms with Gasteiger partial charge in [0.2, 0.25) is 0 Å². The molecule has 1 heterocycles. The quantitative estimate of drug-likeness (QED) is 0.875. The van der Waals surface area contributed by atoms with E-state index in [1.54, 1.807) is 13.0 Å². The molecule has 0 unspecified atom stereocenters. The summed E-state index contributed by atoms with van der Waals surface area (Å²) in [6.45, 7) is 4.18. The van der Waals surface area contributed by atoms with Gasteiger partial charge in [0.05, 0.1) is 5.56 Å². The number of aryl methyl sites for hydroxylation is 2. The number of carbonyl (C=O) groups excluding carboxylic acids is 1. The average molecular weight is 263 g/mol. The van der Waals surface area contributed by atoms with Crippen molar-refractivity contribution >= 4 is 17.6 Å². The fourth-order valence-corrected chi connectivity index (χ4v) is 2.22. The van der Waals surface area contributed by atoms with Crippen molar-refractivity contribution in [2.45, 2.75) is 32.8 Å². The highest BCUT2D eigenvalue weighted by molar-refractivity contribution is 5.97. The van der Waals surface area contributed by atoms with E-state index in [0.29, 0.717) is 24.3 Å². The Morgan fingerprint density at radius 2 is 2.05 bits per heavy atom. The van der Waals surface area contributed by atoms with Crippen molar-refractivity contribution < 1.29 is 19.4 Å². The molecule has 2 N–H and O–H groups in total. The Morgan fingerprint density at radius 1 is 1.32 bits per heavy atom. The Hall–Kier alpha value is -1.88. The summed E-state index contributed by atoms with van der Waals surface area (Å²) in [5.41, 5.74) is 2.26. The maximum absolute atomic E-state index is 11.9. The molecule has 5 heteroatoms. The van der Waals surface area contributed by atoms with E-state index in [2.05, 4.69) is 5.32 Å². The zero-order chi connectivity index (χ0) is 14.0. The highest BCUT2D eigenvalue weighted by Crippen LogP contribution is 2.22. The van der Waals surface area contributed by atoms with Crippen LogP contribution >= 0.6 is 0 Å².